The van der Waals surface area contributed by atoms with Crippen LogP contribution in [-0.4, -0.2) is 426 Å². The molecule has 63 radical (unpaired) electrons. The van der Waals surface area contributed by atoms with Gasteiger partial charge in [-0.05, 0) is 0 Å². The fraction of sp³-hybridized carbons (Fsp3) is 1.00. The lowest BCUT2D eigenvalue weighted by Gasteiger charge is -2.60. The van der Waals surface area contributed by atoms with Gasteiger partial charge in [0.25, 0.3) is 0 Å². The predicted molar refractivity (Wildman–Crippen MR) is 349 cm³/mol. The average Bonchev–Trinajstić information content (AvgIpc) is 3.03. The molecule has 0 spiro atoms. The van der Waals surface area contributed by atoms with Crippen LogP contribution < -0.4 is 0 Å². The first-order chi connectivity index (χ1) is 27.8. The lowest BCUT2D eigenvalue weighted by atomic mass is 8.31. The standard InChI is InChI=1S/CHB60/c2-33-52(37(3)4)57(59(46(21)22)47(23)24)36(58(60(48(25)26)49(27)28)61(50(29)30)51(31)32)1(34(53(38(5)6)39(7)8)54(40(9)10)41(11)12)35(55(42(13)14)43(15)16)56(44(17)18)45(19)20/h1H. The van der Waals surface area contributed by atoms with Crippen LogP contribution in [0.15, 0.2) is 0 Å². The smallest absolute Gasteiger partial charge is 0.0294 e. The predicted octanol–water partition coefficient (Wildman–Crippen LogP) is -22.5. The molecule has 0 bridgehead atoms. The molecule has 0 N–H and O–H groups in total. The van der Waals surface area contributed by atoms with Crippen LogP contribution in [0.1, 0.15) is 0 Å². The van der Waals surface area contributed by atoms with Crippen molar-refractivity contribution in [1.82, 2.24) is 0 Å². The lowest BCUT2D eigenvalue weighted by molar-refractivity contribution is 1.80. The van der Waals surface area contributed by atoms with Crippen LogP contribution in [0.4, 0.5) is 0 Å². The van der Waals surface area contributed by atoms with E-state index in [9.17, 15) is 0 Å². The minimum Gasteiger partial charge on any atom is -0.146 e. The summed E-state index contributed by atoms with van der Waals surface area (Å²) in [5.74, 6) is 0. The highest BCUT2D eigenvalue weighted by atomic mass is 13.7. The van der Waals surface area contributed by atoms with Gasteiger partial charge in [-0.25, -0.2) is 0 Å². The molecule has 0 aromatic carbocycles. The van der Waals surface area contributed by atoms with Crippen LogP contribution in [0, 0.1) is 0 Å². The topological polar surface area (TPSA) is 0 Å². The monoisotopic (exact) mass is 674 g/mol. The second kappa shape index (κ2) is 29.9. The van der Waals surface area contributed by atoms with Crippen molar-refractivity contribution in [3.63, 3.8) is 0 Å². The van der Waals surface area contributed by atoms with Crippen molar-refractivity contribution in [2.75, 3.05) is 0 Å². The van der Waals surface area contributed by atoms with Crippen LogP contribution in [0.5, 0.6) is 0 Å². The molecule has 0 aliphatic heterocycles. The third-order valence-corrected chi connectivity index (χ3v) is 12.7. The first-order valence-corrected chi connectivity index (χ1v) is 20.0. The fourth-order valence-electron chi connectivity index (χ4n) is 10.5. The Kier molecular flexibility index (Phi) is 31.8. The molecule has 0 aromatic heterocycles. The summed E-state index contributed by atoms with van der Waals surface area (Å²) in [7, 11) is 206. The Balaban J connectivity index is 10.8. The molecule has 0 amide bonds. The number of rotatable bonds is 29. The largest absolute Gasteiger partial charge is 0.146 e. The fourth-order valence-corrected chi connectivity index (χ4v) is 10.5. The summed E-state index contributed by atoms with van der Waals surface area (Å²) < 4.78 is 0. The van der Waals surface area contributed by atoms with E-state index in [1.165, 1.54) is 0 Å². The van der Waals surface area contributed by atoms with Crippen molar-refractivity contribution < 1.29 is 0 Å². The first-order valence-electron chi connectivity index (χ1n) is 20.0. The summed E-state index contributed by atoms with van der Waals surface area (Å²) >= 11 is 0. The van der Waals surface area contributed by atoms with Gasteiger partial charge in [0.05, 0.1) is 0 Å². The Morgan fingerprint density at radius 2 is 0.361 bits per heavy atom. The van der Waals surface area contributed by atoms with E-state index in [0.717, 1.165) is 7.06 Å². The van der Waals surface area contributed by atoms with Crippen molar-refractivity contribution in [1.29, 1.82) is 0 Å². The number of hydrogen-bond acceptors (Lipinski definition) is 0. The molecule has 0 atom stereocenters. The summed E-state index contributed by atoms with van der Waals surface area (Å²) in [5, 5.41) is 0. The highest BCUT2D eigenvalue weighted by molar-refractivity contribution is 8.26. The molecule has 60 heteroatoms. The maximum absolute atomic E-state index is 6.61. The summed E-state index contributed by atoms with van der Waals surface area (Å²) in [6.07, 6.45) is -35.3. The van der Waals surface area contributed by atoms with Gasteiger partial charge in [-0.1, -0.05) is 0 Å². The van der Waals surface area contributed by atoms with Gasteiger partial charge >= 0.3 is 0 Å². The van der Waals surface area contributed by atoms with E-state index in [2.05, 4.69) is 0 Å². The maximum Gasteiger partial charge on any atom is 0.0294 e. The van der Waals surface area contributed by atoms with Gasteiger partial charge in [-0.15, -0.1) is 5.62 Å². The van der Waals surface area contributed by atoms with Crippen LogP contribution >= 0.6 is 0 Å². The molecular weight excluding hydrogens is 661 g/mol. The summed E-state index contributed by atoms with van der Waals surface area (Å²) in [6, 6.07) is 0. The minimum atomic E-state index is -1.51. The van der Waals surface area contributed by atoms with Gasteiger partial charge in [0.2, 0.25) is 0 Å². The molecule has 0 saturated carbocycles. The molecular formula is CHB60. The third-order valence-electron chi connectivity index (χ3n) is 12.7. The van der Waals surface area contributed by atoms with E-state index >= 15 is 0 Å². The van der Waals surface area contributed by atoms with Crippen LogP contribution in [0.25, 0.3) is 0 Å². The van der Waals surface area contributed by atoms with E-state index in [1.54, 1.807) is 0 Å². The highest BCUT2D eigenvalue weighted by Crippen LogP contribution is 2.33. The Labute approximate surface area is 427 Å². The molecule has 61 heavy (non-hydrogen) atoms. The zero-order chi connectivity index (χ0) is 48.5. The Bertz CT molecular complexity index is 954. The van der Waals surface area contributed by atoms with Gasteiger partial charge < -0.3 is 0 Å². The molecule has 0 nitrogen and oxygen atoms in total. The van der Waals surface area contributed by atoms with Crippen molar-refractivity contribution >= 4 is 426 Å². The second-order valence-electron chi connectivity index (χ2n) is 16.9. The van der Waals surface area contributed by atoms with E-state index in [1.807, 2.05) is 0 Å². The molecule has 0 aromatic rings. The Morgan fingerprint density at radius 1 is 0.197 bits per heavy atom. The van der Waals surface area contributed by atoms with Gasteiger partial charge in [0, 0.05) is 426 Å². The van der Waals surface area contributed by atoms with Crippen LogP contribution in [0.2, 0.25) is 5.62 Å². The molecule has 0 unspecified atom stereocenters. The normalized spacial score (nSPS) is 9.85. The molecule has 0 aliphatic carbocycles. The molecule has 0 fully saturated rings. The molecule has 185 valence electrons. The number of hydrogen-bond donors (Lipinski definition) is 0. The zero-order valence-electron chi connectivity index (χ0n) is 35.2. The first kappa shape index (κ1) is 64.9. The van der Waals surface area contributed by atoms with Crippen molar-refractivity contribution in [3.8, 4) is 0 Å². The minimum absolute atomic E-state index is 1.15. The molecule has 0 saturated heterocycles. The van der Waals surface area contributed by atoms with Gasteiger partial charge in [-0.3, -0.25) is 0 Å². The van der Waals surface area contributed by atoms with Crippen molar-refractivity contribution in [2.24, 2.45) is 0 Å². The average molecular weight is 662 g/mol. The molecule has 0 aliphatic rings. The van der Waals surface area contributed by atoms with Crippen molar-refractivity contribution in [3.05, 3.63) is 0 Å². The van der Waals surface area contributed by atoms with Crippen molar-refractivity contribution in [2.45, 2.75) is 5.62 Å². The zero-order valence-corrected chi connectivity index (χ0v) is 35.2. The van der Waals surface area contributed by atoms with Crippen LogP contribution in [-0.2, 0) is 0 Å². The van der Waals surface area contributed by atoms with E-state index in [-0.39, 0.29) is 0 Å². The Morgan fingerprint density at radius 3 is 0.508 bits per heavy atom. The highest BCUT2D eigenvalue weighted by Gasteiger charge is 2.62. The van der Waals surface area contributed by atoms with Crippen LogP contribution in [0.3, 0.4) is 0 Å². The lowest BCUT2D eigenvalue weighted by Crippen LogP contribution is -2.92. The summed E-state index contributed by atoms with van der Waals surface area (Å²) in [6.45, 7) is -4.35. The molecule has 0 rings (SSSR count). The molecule has 0 heterocycles. The quantitative estimate of drug-likeness (QED) is 0.0700. The summed E-state index contributed by atoms with van der Waals surface area (Å²) in [4.78, 5) is 0. The summed E-state index contributed by atoms with van der Waals surface area (Å²) in [5.41, 5.74) is -1.51. The van der Waals surface area contributed by atoms with E-state index < -0.39 is 185 Å². The maximum atomic E-state index is 6.61. The van der Waals surface area contributed by atoms with E-state index in [4.69, 9.17) is 240 Å². The van der Waals surface area contributed by atoms with Gasteiger partial charge in [0.1, 0.15) is 0 Å². The van der Waals surface area contributed by atoms with Gasteiger partial charge in [-0.2, -0.15) is 0 Å². The van der Waals surface area contributed by atoms with Gasteiger partial charge in [0.15, 0.2) is 0 Å². The SMILES string of the molecule is [B][B]B(B([B])[B])B(B(B([B])[B])B([B])[B])B(B(B(B([B])[B])B([B])[B])B(B([B])[B])B([B])[B])C(B(B(B([B])[B])B([B])[B])B(B([B])[B])B([B])[B])B(B(B([B])[B])B([B])[B])B(B([B])[B])B([B])[B]. The third kappa shape index (κ3) is 17.6. The Hall–Kier alpha value is 3.90. The second-order valence-corrected chi connectivity index (χ2v) is 16.9. The van der Waals surface area contributed by atoms with E-state index in [0.29, 0.717) is 0 Å².